The van der Waals surface area contributed by atoms with E-state index in [9.17, 15) is 8.60 Å². The Labute approximate surface area is 140 Å². The van der Waals surface area contributed by atoms with Crippen molar-refractivity contribution >= 4 is 22.1 Å². The van der Waals surface area contributed by atoms with E-state index in [1.807, 2.05) is 18.6 Å². The molecular formula is C16H16FN3OS2. The van der Waals surface area contributed by atoms with E-state index in [-0.39, 0.29) is 11.1 Å². The van der Waals surface area contributed by atoms with Crippen molar-refractivity contribution in [2.75, 3.05) is 0 Å². The summed E-state index contributed by atoms with van der Waals surface area (Å²) in [5.74, 6) is -0.00520. The first-order valence-corrected chi connectivity index (χ1v) is 9.36. The predicted molar refractivity (Wildman–Crippen MR) is 91.0 cm³/mol. The molecule has 0 saturated carbocycles. The maximum Gasteiger partial charge on any atom is 0.127 e. The minimum absolute atomic E-state index is 0.312. The molecule has 2 heterocycles. The second-order valence-corrected chi connectivity index (χ2v) is 7.85. The minimum Gasteiger partial charge on any atom is -0.275 e. The third-order valence-electron chi connectivity index (χ3n) is 3.53. The summed E-state index contributed by atoms with van der Waals surface area (Å²) < 4.78 is 28.0. The standard InChI is InChI=1S/C16H16FN3OS2/c1-11(14-5-3-4-6-15(14)17)23(21)10-13-9-22-16(19-13)12-7-18-20(2)8-12/h3-9,11H,10H2,1-2H3. The molecule has 1 aromatic carbocycles. The van der Waals surface area contributed by atoms with Gasteiger partial charge < -0.3 is 0 Å². The summed E-state index contributed by atoms with van der Waals surface area (Å²) in [7, 11) is 0.619. The molecule has 2 aromatic heterocycles. The van der Waals surface area contributed by atoms with Gasteiger partial charge >= 0.3 is 0 Å². The Morgan fingerprint density at radius 2 is 2.17 bits per heavy atom. The van der Waals surface area contributed by atoms with Gasteiger partial charge in [0.15, 0.2) is 0 Å². The number of benzene rings is 1. The first-order valence-electron chi connectivity index (χ1n) is 7.09. The molecule has 0 spiro atoms. The lowest BCUT2D eigenvalue weighted by molar-refractivity contribution is 0.606. The van der Waals surface area contributed by atoms with Crippen molar-refractivity contribution in [1.82, 2.24) is 14.8 Å². The molecule has 0 radical (unpaired) electrons. The highest BCUT2D eigenvalue weighted by Crippen LogP contribution is 2.27. The van der Waals surface area contributed by atoms with Crippen LogP contribution in [0.3, 0.4) is 0 Å². The van der Waals surface area contributed by atoms with Gasteiger partial charge in [-0.15, -0.1) is 11.3 Å². The van der Waals surface area contributed by atoms with Gasteiger partial charge in [-0.3, -0.25) is 8.89 Å². The summed E-state index contributed by atoms with van der Waals surface area (Å²) >= 11 is 1.50. The highest BCUT2D eigenvalue weighted by Gasteiger charge is 2.18. The fourth-order valence-electron chi connectivity index (χ4n) is 2.25. The Morgan fingerprint density at radius 1 is 1.39 bits per heavy atom. The molecule has 120 valence electrons. The van der Waals surface area contributed by atoms with Gasteiger partial charge in [0, 0.05) is 40.6 Å². The molecule has 3 aromatic rings. The van der Waals surface area contributed by atoms with Crippen LogP contribution in [0.2, 0.25) is 0 Å². The maximum absolute atomic E-state index is 13.8. The number of hydrogen-bond acceptors (Lipinski definition) is 4. The molecule has 2 unspecified atom stereocenters. The fraction of sp³-hybridized carbons (Fsp3) is 0.250. The number of thiazole rings is 1. The molecule has 3 rings (SSSR count). The van der Waals surface area contributed by atoms with Crippen LogP contribution in [0.15, 0.2) is 42.0 Å². The molecule has 0 fully saturated rings. The maximum atomic E-state index is 13.8. The van der Waals surface area contributed by atoms with E-state index in [1.165, 1.54) is 17.4 Å². The van der Waals surface area contributed by atoms with Gasteiger partial charge in [-0.1, -0.05) is 18.2 Å². The van der Waals surface area contributed by atoms with Crippen molar-refractivity contribution in [2.24, 2.45) is 7.05 Å². The van der Waals surface area contributed by atoms with Crippen LogP contribution in [-0.4, -0.2) is 19.0 Å². The number of aryl methyl sites for hydroxylation is 1. The van der Waals surface area contributed by atoms with Crippen molar-refractivity contribution in [2.45, 2.75) is 17.9 Å². The number of aromatic nitrogens is 3. The van der Waals surface area contributed by atoms with Crippen LogP contribution >= 0.6 is 11.3 Å². The molecule has 2 atom stereocenters. The lowest BCUT2D eigenvalue weighted by Crippen LogP contribution is -2.07. The largest absolute Gasteiger partial charge is 0.275 e. The van der Waals surface area contributed by atoms with Gasteiger partial charge in [0.25, 0.3) is 0 Å². The zero-order valence-corrected chi connectivity index (χ0v) is 14.4. The molecule has 0 saturated heterocycles. The number of hydrogen-bond donors (Lipinski definition) is 0. The summed E-state index contributed by atoms with van der Waals surface area (Å²) in [5, 5.41) is 6.49. The van der Waals surface area contributed by atoms with Crippen LogP contribution in [0.1, 0.15) is 23.4 Å². The van der Waals surface area contributed by atoms with Crippen LogP contribution in [0, 0.1) is 5.82 Å². The van der Waals surface area contributed by atoms with Crippen molar-refractivity contribution in [1.29, 1.82) is 0 Å². The Morgan fingerprint density at radius 3 is 2.87 bits per heavy atom. The van der Waals surface area contributed by atoms with Crippen LogP contribution in [-0.2, 0) is 23.6 Å². The van der Waals surface area contributed by atoms with E-state index in [2.05, 4.69) is 10.1 Å². The van der Waals surface area contributed by atoms with Gasteiger partial charge in [0.2, 0.25) is 0 Å². The van der Waals surface area contributed by atoms with E-state index < -0.39 is 10.8 Å². The van der Waals surface area contributed by atoms with Crippen molar-refractivity contribution in [3.63, 3.8) is 0 Å². The molecular weight excluding hydrogens is 333 g/mol. The highest BCUT2D eigenvalue weighted by molar-refractivity contribution is 7.84. The minimum atomic E-state index is -1.23. The van der Waals surface area contributed by atoms with Gasteiger partial charge in [0.1, 0.15) is 10.8 Å². The Bertz CT molecular complexity index is 843. The third-order valence-corrected chi connectivity index (χ3v) is 6.09. The molecule has 0 aliphatic rings. The highest BCUT2D eigenvalue weighted by atomic mass is 32.2. The van der Waals surface area contributed by atoms with Crippen molar-refractivity contribution in [3.05, 3.63) is 59.1 Å². The first kappa shape index (κ1) is 16.0. The predicted octanol–water partition coefficient (Wildman–Crippen LogP) is 3.69. The number of nitrogens with zero attached hydrogens (tertiary/aromatic N) is 3. The van der Waals surface area contributed by atoms with Gasteiger partial charge in [-0.2, -0.15) is 5.10 Å². The third kappa shape index (κ3) is 3.56. The normalized spacial score (nSPS) is 13.9. The second-order valence-electron chi connectivity index (χ2n) is 5.24. The molecule has 4 nitrogen and oxygen atoms in total. The quantitative estimate of drug-likeness (QED) is 0.706. The molecule has 0 aliphatic carbocycles. The Hall–Kier alpha value is -1.86. The second kappa shape index (κ2) is 6.72. The molecule has 0 bridgehead atoms. The van der Waals surface area contributed by atoms with Crippen LogP contribution < -0.4 is 0 Å². The molecule has 0 N–H and O–H groups in total. The lowest BCUT2D eigenvalue weighted by Gasteiger charge is -2.11. The average Bonchev–Trinajstić information content (AvgIpc) is 3.16. The number of rotatable bonds is 5. The SMILES string of the molecule is CC(c1ccccc1F)S(=O)Cc1csc(-c2cnn(C)c2)n1. The summed E-state index contributed by atoms with van der Waals surface area (Å²) in [6, 6.07) is 6.47. The Kier molecular flexibility index (Phi) is 4.68. The van der Waals surface area contributed by atoms with Gasteiger partial charge in [-0.25, -0.2) is 9.37 Å². The summed E-state index contributed by atoms with van der Waals surface area (Å²) in [6.07, 6.45) is 3.64. The monoisotopic (exact) mass is 349 g/mol. The fourth-order valence-corrected chi connectivity index (χ4v) is 4.32. The zero-order chi connectivity index (χ0) is 16.4. The van der Waals surface area contributed by atoms with Gasteiger partial charge in [0.05, 0.1) is 22.9 Å². The zero-order valence-electron chi connectivity index (χ0n) is 12.8. The average molecular weight is 349 g/mol. The van der Waals surface area contributed by atoms with Crippen molar-refractivity contribution in [3.8, 4) is 10.6 Å². The topological polar surface area (TPSA) is 47.8 Å². The van der Waals surface area contributed by atoms with Crippen LogP contribution in [0.4, 0.5) is 4.39 Å². The summed E-state index contributed by atoms with van der Waals surface area (Å²) in [6.45, 7) is 1.78. The molecule has 0 aliphatic heterocycles. The van der Waals surface area contributed by atoms with E-state index in [0.717, 1.165) is 16.3 Å². The number of halogens is 1. The van der Waals surface area contributed by atoms with E-state index in [1.54, 1.807) is 36.0 Å². The van der Waals surface area contributed by atoms with E-state index in [4.69, 9.17) is 0 Å². The first-order chi connectivity index (χ1) is 11.0. The van der Waals surface area contributed by atoms with Crippen molar-refractivity contribution < 1.29 is 8.60 Å². The smallest absolute Gasteiger partial charge is 0.127 e. The van der Waals surface area contributed by atoms with E-state index >= 15 is 0 Å². The molecule has 0 amide bonds. The molecule has 23 heavy (non-hydrogen) atoms. The summed E-state index contributed by atoms with van der Waals surface area (Å²) in [5.41, 5.74) is 2.18. The van der Waals surface area contributed by atoms with Crippen LogP contribution in [0.25, 0.3) is 10.6 Å². The lowest BCUT2D eigenvalue weighted by atomic mass is 10.1. The van der Waals surface area contributed by atoms with Gasteiger partial charge in [-0.05, 0) is 13.0 Å². The summed E-state index contributed by atoms with van der Waals surface area (Å²) in [4.78, 5) is 4.51. The Balaban J connectivity index is 1.73. The molecule has 7 heteroatoms. The van der Waals surface area contributed by atoms with E-state index in [0.29, 0.717) is 11.3 Å². The van der Waals surface area contributed by atoms with Crippen LogP contribution in [0.5, 0.6) is 0 Å².